The Morgan fingerprint density at radius 2 is 1.48 bits per heavy atom. The molecule has 0 spiro atoms. The van der Waals surface area contributed by atoms with Crippen LogP contribution in [0.5, 0.6) is 0 Å². The van der Waals surface area contributed by atoms with Crippen LogP contribution in [0.3, 0.4) is 0 Å². The molecule has 1 aliphatic rings. The minimum absolute atomic E-state index is 0.366. The molecule has 0 aliphatic carbocycles. The van der Waals surface area contributed by atoms with Crippen LogP contribution < -0.4 is 0 Å². The maximum Gasteiger partial charge on any atom is 0.243 e. The Hall–Kier alpha value is -2.00. The summed E-state index contributed by atoms with van der Waals surface area (Å²) in [6, 6.07) is 15.3. The number of hydrogen-bond donors (Lipinski definition) is 0. The number of rotatable bonds is 5. The Balaban J connectivity index is 1.50. The predicted octanol–water partition coefficient (Wildman–Crippen LogP) is 3.46. The Labute approximate surface area is 177 Å². The van der Waals surface area contributed by atoms with Gasteiger partial charge in [0.2, 0.25) is 10.0 Å². The van der Waals surface area contributed by atoms with E-state index in [2.05, 4.69) is 33.1 Å². The van der Waals surface area contributed by atoms with Crippen molar-refractivity contribution >= 4 is 33.3 Å². The fourth-order valence-corrected chi connectivity index (χ4v) is 5.69. The average Bonchev–Trinajstić information content (AvgIpc) is 3.00. The lowest BCUT2D eigenvalue weighted by atomic mass is 10.2. The number of piperazine rings is 1. The zero-order valence-electron chi connectivity index (χ0n) is 16.8. The highest BCUT2D eigenvalue weighted by Crippen LogP contribution is 2.21. The van der Waals surface area contributed by atoms with Gasteiger partial charge in [-0.3, -0.25) is 4.90 Å². The first-order chi connectivity index (χ1) is 13.9. The van der Waals surface area contributed by atoms with E-state index in [1.165, 1.54) is 0 Å². The molecule has 1 fully saturated rings. The molecule has 0 saturated carbocycles. The zero-order chi connectivity index (χ0) is 20.6. The van der Waals surface area contributed by atoms with Crippen molar-refractivity contribution in [3.8, 4) is 0 Å². The number of benzene rings is 2. The summed E-state index contributed by atoms with van der Waals surface area (Å²) in [4.78, 5) is 2.63. The van der Waals surface area contributed by atoms with Gasteiger partial charge in [0.15, 0.2) is 4.77 Å². The summed E-state index contributed by atoms with van der Waals surface area (Å²) >= 11 is 5.71. The first kappa shape index (κ1) is 20.3. The molecule has 0 amide bonds. The average molecular weight is 431 g/mol. The van der Waals surface area contributed by atoms with Crippen molar-refractivity contribution < 1.29 is 8.42 Å². The lowest BCUT2D eigenvalue weighted by molar-refractivity contribution is 0.153. The molecule has 3 aromatic rings. The quantitative estimate of drug-likeness (QED) is 0.582. The smallest absolute Gasteiger partial charge is 0.243 e. The second kappa shape index (κ2) is 8.02. The summed E-state index contributed by atoms with van der Waals surface area (Å²) < 4.78 is 32.5. The number of para-hydroxylation sites is 2. The molecule has 1 aromatic heterocycles. The van der Waals surface area contributed by atoms with Crippen LogP contribution >= 0.6 is 12.2 Å². The lowest BCUT2D eigenvalue weighted by Gasteiger charge is -2.34. The maximum absolute atomic E-state index is 12.9. The molecule has 4 rings (SSSR count). The van der Waals surface area contributed by atoms with Gasteiger partial charge < -0.3 is 9.13 Å². The van der Waals surface area contributed by atoms with Crippen molar-refractivity contribution in [3.63, 3.8) is 0 Å². The van der Waals surface area contributed by atoms with Crippen molar-refractivity contribution in [3.05, 3.63) is 58.9 Å². The molecule has 0 unspecified atom stereocenters. The highest BCUT2D eigenvalue weighted by molar-refractivity contribution is 7.89. The van der Waals surface area contributed by atoms with E-state index < -0.39 is 10.0 Å². The van der Waals surface area contributed by atoms with E-state index >= 15 is 0 Å². The Morgan fingerprint density at radius 1 is 0.897 bits per heavy atom. The first-order valence-corrected chi connectivity index (χ1v) is 11.7. The third-order valence-corrected chi connectivity index (χ3v) is 7.93. The van der Waals surface area contributed by atoms with E-state index in [1.807, 2.05) is 31.2 Å². The number of imidazole rings is 1. The first-order valence-electron chi connectivity index (χ1n) is 9.89. The summed E-state index contributed by atoms with van der Waals surface area (Å²) in [5.41, 5.74) is 3.31. The molecule has 1 saturated heterocycles. The molecule has 2 aromatic carbocycles. The summed E-state index contributed by atoms with van der Waals surface area (Å²) in [5.74, 6) is 0. The topological polar surface area (TPSA) is 50.5 Å². The van der Waals surface area contributed by atoms with E-state index in [1.54, 1.807) is 16.4 Å². The number of aryl methyl sites for hydroxylation is 2. The Bertz CT molecular complexity index is 1170. The van der Waals surface area contributed by atoms with Gasteiger partial charge in [-0.15, -0.1) is 0 Å². The van der Waals surface area contributed by atoms with E-state index in [0.717, 1.165) is 27.9 Å². The molecule has 0 radical (unpaired) electrons. The summed E-state index contributed by atoms with van der Waals surface area (Å²) in [7, 11) is -3.44. The number of nitrogens with zero attached hydrogens (tertiary/aromatic N) is 4. The van der Waals surface area contributed by atoms with Crippen molar-refractivity contribution in [2.24, 2.45) is 0 Å². The molecule has 0 N–H and O–H groups in total. The van der Waals surface area contributed by atoms with Gasteiger partial charge in [-0.25, -0.2) is 8.42 Å². The third kappa shape index (κ3) is 3.77. The van der Waals surface area contributed by atoms with Crippen molar-refractivity contribution in [1.29, 1.82) is 0 Å². The van der Waals surface area contributed by atoms with Crippen LogP contribution in [0, 0.1) is 11.7 Å². The normalized spacial score (nSPS) is 16.5. The molecule has 29 heavy (non-hydrogen) atoms. The number of hydrogen-bond acceptors (Lipinski definition) is 4. The highest BCUT2D eigenvalue weighted by atomic mass is 32.2. The van der Waals surface area contributed by atoms with Gasteiger partial charge in [-0.1, -0.05) is 29.8 Å². The predicted molar refractivity (Wildman–Crippen MR) is 118 cm³/mol. The van der Waals surface area contributed by atoms with Crippen molar-refractivity contribution in [2.45, 2.75) is 32.0 Å². The molecule has 154 valence electrons. The second-order valence-corrected chi connectivity index (χ2v) is 9.72. The molecule has 2 heterocycles. The minimum Gasteiger partial charge on any atom is -0.317 e. The molecular formula is C21H26N4O2S2. The number of aromatic nitrogens is 2. The van der Waals surface area contributed by atoms with Gasteiger partial charge in [0.25, 0.3) is 0 Å². The van der Waals surface area contributed by atoms with Gasteiger partial charge in [0.1, 0.15) is 0 Å². The standard InChI is InChI=1S/C21H26N4O2S2/c1-3-24-19-6-4-5-7-20(19)25(21(24)28)16-22-12-14-23(15-13-22)29(26,27)18-10-8-17(2)9-11-18/h4-11H,3,12-16H2,1-2H3. The van der Waals surface area contributed by atoms with E-state index in [4.69, 9.17) is 12.2 Å². The zero-order valence-corrected chi connectivity index (χ0v) is 18.4. The van der Waals surface area contributed by atoms with Crippen LogP contribution in [-0.2, 0) is 23.2 Å². The summed E-state index contributed by atoms with van der Waals surface area (Å²) in [6.07, 6.45) is 0. The van der Waals surface area contributed by atoms with E-state index in [9.17, 15) is 8.42 Å². The van der Waals surface area contributed by atoms with Gasteiger partial charge >= 0.3 is 0 Å². The number of sulfonamides is 1. The molecule has 0 bridgehead atoms. The monoisotopic (exact) mass is 430 g/mol. The molecule has 8 heteroatoms. The minimum atomic E-state index is -3.44. The van der Waals surface area contributed by atoms with Crippen LogP contribution in [0.4, 0.5) is 0 Å². The lowest BCUT2D eigenvalue weighted by Crippen LogP contribution is -2.48. The van der Waals surface area contributed by atoms with Gasteiger partial charge in [0.05, 0.1) is 22.6 Å². The van der Waals surface area contributed by atoms with E-state index in [0.29, 0.717) is 37.7 Å². The second-order valence-electron chi connectivity index (χ2n) is 7.42. The van der Waals surface area contributed by atoms with Crippen LogP contribution in [0.25, 0.3) is 11.0 Å². The van der Waals surface area contributed by atoms with Crippen LogP contribution in [-0.4, -0.2) is 52.9 Å². The van der Waals surface area contributed by atoms with Crippen LogP contribution in [0.2, 0.25) is 0 Å². The third-order valence-electron chi connectivity index (χ3n) is 5.57. The summed E-state index contributed by atoms with van der Waals surface area (Å²) in [5, 5.41) is 0. The summed E-state index contributed by atoms with van der Waals surface area (Å²) in [6.45, 7) is 7.87. The van der Waals surface area contributed by atoms with Gasteiger partial charge in [-0.05, 0) is 50.3 Å². The van der Waals surface area contributed by atoms with Gasteiger partial charge in [-0.2, -0.15) is 4.31 Å². The Morgan fingerprint density at radius 3 is 2.07 bits per heavy atom. The molecular weight excluding hydrogens is 404 g/mol. The van der Waals surface area contributed by atoms with E-state index in [-0.39, 0.29) is 0 Å². The van der Waals surface area contributed by atoms with Gasteiger partial charge in [0, 0.05) is 32.7 Å². The maximum atomic E-state index is 12.9. The fraction of sp³-hybridized carbons (Fsp3) is 0.381. The Kier molecular flexibility index (Phi) is 5.61. The number of fused-ring (bicyclic) bond motifs is 1. The van der Waals surface area contributed by atoms with Crippen molar-refractivity contribution in [2.75, 3.05) is 26.2 Å². The SMILES string of the molecule is CCn1c(=S)n(CN2CCN(S(=O)(=O)c3ccc(C)cc3)CC2)c2ccccc21. The van der Waals surface area contributed by atoms with Crippen LogP contribution in [0.15, 0.2) is 53.4 Å². The molecule has 6 nitrogen and oxygen atoms in total. The molecule has 1 aliphatic heterocycles. The largest absolute Gasteiger partial charge is 0.317 e. The molecule has 0 atom stereocenters. The van der Waals surface area contributed by atoms with Crippen molar-refractivity contribution in [1.82, 2.24) is 18.3 Å². The highest BCUT2D eigenvalue weighted by Gasteiger charge is 2.28. The van der Waals surface area contributed by atoms with Crippen LogP contribution in [0.1, 0.15) is 12.5 Å². The fourth-order valence-electron chi connectivity index (χ4n) is 3.89.